The Morgan fingerprint density at radius 1 is 0.367 bits per heavy atom. The summed E-state index contributed by atoms with van der Waals surface area (Å²) < 4.78 is 68.2. The standard InChI is InChI=1S/C71H134O17P2/c1-7-10-12-14-16-18-19-20-21-22-27-30-37-43-49-55-70(75)87-67(60-82-69(74)54-48-42-36-29-26-24-23-25-28-33-39-45-51-63(4)5)62-86-90(79,80)84-58-65(72)57-83-89(77,78)85-61-66(59-81-68(73)53-47-41-35-17-15-13-11-8-2)88-71(76)56-50-44-38-32-31-34-40-46-52-64(6)9-3/h18-21,63-67,72H,7-17,22-62H2,1-6H3,(H,77,78)(H,79,80)/b19-18-,21-20-/t64?,65-,66+,67+/m0/s1. The quantitative estimate of drug-likeness (QED) is 0.0169. The summed E-state index contributed by atoms with van der Waals surface area (Å²) in [7, 11) is -9.91. The van der Waals surface area contributed by atoms with Gasteiger partial charge in [0, 0.05) is 25.7 Å². The molecule has 0 heterocycles. The van der Waals surface area contributed by atoms with Crippen molar-refractivity contribution in [3.8, 4) is 0 Å². The van der Waals surface area contributed by atoms with Crippen LogP contribution in [0.5, 0.6) is 0 Å². The number of aliphatic hydroxyl groups excluding tert-OH is 1. The molecule has 6 atom stereocenters. The molecule has 0 rings (SSSR count). The Bertz CT molecular complexity index is 1850. The van der Waals surface area contributed by atoms with Gasteiger partial charge in [-0.25, -0.2) is 9.13 Å². The molecule has 3 N–H and O–H groups in total. The maximum absolute atomic E-state index is 13.0. The molecule has 0 amide bonds. The van der Waals surface area contributed by atoms with Crippen LogP contribution in [0.25, 0.3) is 0 Å². The van der Waals surface area contributed by atoms with Gasteiger partial charge in [0.1, 0.15) is 19.3 Å². The average Bonchev–Trinajstić information content (AvgIpc) is 3.70. The Morgan fingerprint density at radius 3 is 1.00 bits per heavy atom. The lowest BCUT2D eigenvalue weighted by Crippen LogP contribution is -2.30. The van der Waals surface area contributed by atoms with Gasteiger partial charge < -0.3 is 33.8 Å². The average molecular weight is 1320 g/mol. The zero-order chi connectivity index (χ0) is 66.5. The van der Waals surface area contributed by atoms with Crippen LogP contribution in [0.15, 0.2) is 24.3 Å². The molecule has 0 aromatic heterocycles. The highest BCUT2D eigenvalue weighted by atomic mass is 31.2. The number of esters is 4. The molecule has 0 aliphatic rings. The lowest BCUT2D eigenvalue weighted by molar-refractivity contribution is -0.161. The first kappa shape index (κ1) is 87.5. The highest BCUT2D eigenvalue weighted by Gasteiger charge is 2.30. The molecule has 19 heteroatoms. The second-order valence-corrected chi connectivity index (χ2v) is 28.6. The van der Waals surface area contributed by atoms with Gasteiger partial charge in [-0.3, -0.25) is 37.3 Å². The van der Waals surface area contributed by atoms with Crippen LogP contribution in [-0.4, -0.2) is 96.7 Å². The summed E-state index contributed by atoms with van der Waals surface area (Å²) >= 11 is 0. The topological polar surface area (TPSA) is 237 Å². The van der Waals surface area contributed by atoms with Crippen molar-refractivity contribution in [2.24, 2.45) is 11.8 Å². The number of phosphoric ester groups is 2. The zero-order valence-electron chi connectivity index (χ0n) is 57.9. The Balaban J connectivity index is 5.27. The predicted octanol–water partition coefficient (Wildman–Crippen LogP) is 19.9. The van der Waals surface area contributed by atoms with Gasteiger partial charge in [-0.05, 0) is 63.2 Å². The van der Waals surface area contributed by atoms with E-state index in [-0.39, 0.29) is 25.7 Å². The number of aliphatic hydroxyl groups is 1. The minimum absolute atomic E-state index is 0.0848. The highest BCUT2D eigenvalue weighted by molar-refractivity contribution is 7.47. The molecule has 17 nitrogen and oxygen atoms in total. The van der Waals surface area contributed by atoms with E-state index >= 15 is 0 Å². The Hall–Kier alpha value is -2.46. The van der Waals surface area contributed by atoms with E-state index in [1.807, 2.05) is 0 Å². The number of allylic oxidation sites excluding steroid dienone is 4. The summed E-state index contributed by atoms with van der Waals surface area (Å²) in [6.07, 6.45) is 50.7. The van der Waals surface area contributed by atoms with Crippen molar-refractivity contribution >= 4 is 39.5 Å². The predicted molar refractivity (Wildman–Crippen MR) is 363 cm³/mol. The molecule has 0 radical (unpaired) electrons. The van der Waals surface area contributed by atoms with E-state index < -0.39 is 97.5 Å². The largest absolute Gasteiger partial charge is 0.472 e. The van der Waals surface area contributed by atoms with E-state index in [1.54, 1.807) is 0 Å². The van der Waals surface area contributed by atoms with Gasteiger partial charge in [-0.1, -0.05) is 284 Å². The third-order valence-electron chi connectivity index (χ3n) is 16.2. The van der Waals surface area contributed by atoms with Crippen LogP contribution in [0.4, 0.5) is 0 Å². The lowest BCUT2D eigenvalue weighted by Gasteiger charge is -2.21. The van der Waals surface area contributed by atoms with Crippen LogP contribution in [0.3, 0.4) is 0 Å². The van der Waals surface area contributed by atoms with Gasteiger partial charge in [0.25, 0.3) is 0 Å². The maximum Gasteiger partial charge on any atom is 0.472 e. The summed E-state index contributed by atoms with van der Waals surface area (Å²) in [5, 5.41) is 10.6. The summed E-state index contributed by atoms with van der Waals surface area (Å²) in [6, 6.07) is 0. The molecule has 0 aromatic rings. The number of rotatable bonds is 68. The van der Waals surface area contributed by atoms with Gasteiger partial charge in [0.05, 0.1) is 26.4 Å². The SMILES string of the molecule is CCCCCC/C=C\C=C/CCCCCCCC(=O)O[C@H](COC(=O)CCCCCCCCCCCCCCC(C)C)COP(=O)(O)OC[C@@H](O)COP(=O)(O)OC[C@@H](COC(=O)CCCCCCCCCC)OC(=O)CCCCCCCCCCC(C)CC. The molecule has 0 aliphatic carbocycles. The van der Waals surface area contributed by atoms with Crippen LogP contribution in [0.1, 0.15) is 337 Å². The molecule has 90 heavy (non-hydrogen) atoms. The van der Waals surface area contributed by atoms with Crippen LogP contribution >= 0.6 is 15.6 Å². The molecule has 0 saturated heterocycles. The molecule has 0 aliphatic heterocycles. The number of hydrogen-bond acceptors (Lipinski definition) is 15. The van der Waals surface area contributed by atoms with Crippen molar-refractivity contribution in [3.05, 3.63) is 24.3 Å². The smallest absolute Gasteiger partial charge is 0.462 e. The maximum atomic E-state index is 13.0. The van der Waals surface area contributed by atoms with Gasteiger partial charge >= 0.3 is 39.5 Å². The first-order valence-corrected chi connectivity index (χ1v) is 39.3. The zero-order valence-corrected chi connectivity index (χ0v) is 59.7. The second kappa shape index (κ2) is 62.6. The molecule has 0 aromatic carbocycles. The molecule has 0 bridgehead atoms. The van der Waals surface area contributed by atoms with E-state index in [0.29, 0.717) is 25.7 Å². The third kappa shape index (κ3) is 63.0. The number of unbranched alkanes of at least 4 members (excludes halogenated alkanes) is 34. The first-order chi connectivity index (χ1) is 43.4. The van der Waals surface area contributed by atoms with Crippen molar-refractivity contribution < 1.29 is 80.2 Å². The van der Waals surface area contributed by atoms with Crippen molar-refractivity contribution in [1.82, 2.24) is 0 Å². The fourth-order valence-electron chi connectivity index (χ4n) is 10.2. The number of ether oxygens (including phenoxy) is 4. The van der Waals surface area contributed by atoms with Gasteiger partial charge in [-0.15, -0.1) is 0 Å². The van der Waals surface area contributed by atoms with Gasteiger partial charge in [0.2, 0.25) is 0 Å². The second-order valence-electron chi connectivity index (χ2n) is 25.7. The van der Waals surface area contributed by atoms with E-state index in [1.165, 1.54) is 135 Å². The van der Waals surface area contributed by atoms with E-state index in [4.69, 9.17) is 37.0 Å². The van der Waals surface area contributed by atoms with Crippen molar-refractivity contribution in [1.29, 1.82) is 0 Å². The fourth-order valence-corrected chi connectivity index (χ4v) is 11.8. The van der Waals surface area contributed by atoms with E-state index in [9.17, 15) is 43.2 Å². The summed E-state index contributed by atoms with van der Waals surface area (Å²) in [5.41, 5.74) is 0. The molecule has 0 spiro atoms. The third-order valence-corrected chi connectivity index (χ3v) is 18.1. The molecule has 0 saturated carbocycles. The Labute approximate surface area is 548 Å². The molecular formula is C71H134O17P2. The van der Waals surface area contributed by atoms with E-state index in [2.05, 4.69) is 65.8 Å². The van der Waals surface area contributed by atoms with Crippen LogP contribution < -0.4 is 0 Å². The highest BCUT2D eigenvalue weighted by Crippen LogP contribution is 2.45. The monoisotopic (exact) mass is 1320 g/mol. The first-order valence-electron chi connectivity index (χ1n) is 36.3. The summed E-state index contributed by atoms with van der Waals surface area (Å²) in [5.74, 6) is -0.609. The number of phosphoric acid groups is 2. The van der Waals surface area contributed by atoms with Crippen molar-refractivity contribution in [2.75, 3.05) is 39.6 Å². The number of hydrogen-bond donors (Lipinski definition) is 3. The van der Waals surface area contributed by atoms with Crippen molar-refractivity contribution in [3.63, 3.8) is 0 Å². The number of carbonyl (C=O) groups excluding carboxylic acids is 4. The summed E-state index contributed by atoms with van der Waals surface area (Å²) in [6.45, 7) is 9.47. The van der Waals surface area contributed by atoms with Gasteiger partial charge in [-0.2, -0.15) is 0 Å². The molecule has 3 unspecified atom stereocenters. The summed E-state index contributed by atoms with van der Waals surface area (Å²) in [4.78, 5) is 72.5. The lowest BCUT2D eigenvalue weighted by atomic mass is 9.99. The fraction of sp³-hybridized carbons (Fsp3) is 0.887. The Kier molecular flexibility index (Phi) is 60.9. The van der Waals surface area contributed by atoms with E-state index in [0.717, 1.165) is 121 Å². The van der Waals surface area contributed by atoms with Gasteiger partial charge in [0.15, 0.2) is 12.2 Å². The Morgan fingerprint density at radius 2 is 0.656 bits per heavy atom. The van der Waals surface area contributed by atoms with Crippen LogP contribution in [0.2, 0.25) is 0 Å². The normalized spacial score (nSPS) is 14.6. The van der Waals surface area contributed by atoms with Crippen molar-refractivity contribution in [2.45, 2.75) is 355 Å². The molecule has 0 fully saturated rings. The minimum atomic E-state index is -4.96. The van der Waals surface area contributed by atoms with Crippen LogP contribution in [0, 0.1) is 11.8 Å². The van der Waals surface area contributed by atoms with Crippen LogP contribution in [-0.2, 0) is 65.4 Å². The molecular weight excluding hydrogens is 1190 g/mol. The molecule has 530 valence electrons. The minimum Gasteiger partial charge on any atom is -0.462 e. The number of carbonyl (C=O) groups is 4.